The molecular formula is C17H26N2O2. The Morgan fingerprint density at radius 3 is 3.10 bits per heavy atom. The van der Waals surface area contributed by atoms with Crippen LogP contribution in [0.15, 0.2) is 24.5 Å². The van der Waals surface area contributed by atoms with Crippen molar-refractivity contribution in [2.45, 2.75) is 32.0 Å². The molecule has 1 aromatic heterocycles. The standard InChI is InChI=1S/C17H26N2O2/c1-20-9-8-19-11-15-5-2-6-17(16(15)12-19)21-13-14-4-3-7-18-10-14/h3-4,7,10,15-17H,2,5-6,8-9,11-13H2,1H3/t15-,16-,17?/m1/s1. The predicted octanol–water partition coefficient (Wildman–Crippen LogP) is 2.35. The lowest BCUT2D eigenvalue weighted by Gasteiger charge is -2.33. The van der Waals surface area contributed by atoms with Gasteiger partial charge in [0.1, 0.15) is 0 Å². The summed E-state index contributed by atoms with van der Waals surface area (Å²) in [5, 5.41) is 0. The molecule has 1 aromatic rings. The van der Waals surface area contributed by atoms with E-state index < -0.39 is 0 Å². The van der Waals surface area contributed by atoms with Crippen molar-refractivity contribution in [1.29, 1.82) is 0 Å². The third-order valence-electron chi connectivity index (χ3n) is 4.91. The Kier molecular flexibility index (Phi) is 5.22. The van der Waals surface area contributed by atoms with Crippen LogP contribution in [0.3, 0.4) is 0 Å². The molecule has 0 bridgehead atoms. The van der Waals surface area contributed by atoms with Crippen LogP contribution in [0.1, 0.15) is 24.8 Å². The highest BCUT2D eigenvalue weighted by Crippen LogP contribution is 2.38. The Hall–Kier alpha value is -0.970. The molecule has 1 unspecified atom stereocenters. The molecule has 2 aliphatic rings. The summed E-state index contributed by atoms with van der Waals surface area (Å²) in [4.78, 5) is 6.70. The number of likely N-dealkylation sites (tertiary alicyclic amines) is 1. The Bertz CT molecular complexity index is 426. The van der Waals surface area contributed by atoms with Crippen LogP contribution < -0.4 is 0 Å². The molecular weight excluding hydrogens is 264 g/mol. The highest BCUT2D eigenvalue weighted by molar-refractivity contribution is 5.07. The van der Waals surface area contributed by atoms with E-state index in [1.165, 1.54) is 37.9 Å². The fraction of sp³-hybridized carbons (Fsp3) is 0.706. The first-order valence-corrected chi connectivity index (χ1v) is 8.08. The zero-order valence-electron chi connectivity index (χ0n) is 12.9. The number of rotatable bonds is 6. The Labute approximate surface area is 127 Å². The van der Waals surface area contributed by atoms with E-state index in [4.69, 9.17) is 9.47 Å². The second-order valence-electron chi connectivity index (χ2n) is 6.32. The number of hydrogen-bond acceptors (Lipinski definition) is 4. The van der Waals surface area contributed by atoms with Gasteiger partial charge in [0.2, 0.25) is 0 Å². The molecule has 1 saturated carbocycles. The lowest BCUT2D eigenvalue weighted by atomic mass is 9.79. The van der Waals surface area contributed by atoms with Gasteiger partial charge < -0.3 is 14.4 Å². The largest absolute Gasteiger partial charge is 0.383 e. The molecule has 2 heterocycles. The van der Waals surface area contributed by atoms with Crippen LogP contribution >= 0.6 is 0 Å². The van der Waals surface area contributed by atoms with E-state index in [1.807, 2.05) is 18.5 Å². The zero-order chi connectivity index (χ0) is 14.5. The average molecular weight is 290 g/mol. The SMILES string of the molecule is COCCN1C[C@H]2CCCC(OCc3cccnc3)[C@@H]2C1. The minimum absolute atomic E-state index is 0.413. The van der Waals surface area contributed by atoms with E-state index in [0.29, 0.717) is 18.6 Å². The van der Waals surface area contributed by atoms with E-state index in [9.17, 15) is 0 Å². The Morgan fingerprint density at radius 1 is 1.33 bits per heavy atom. The first-order chi connectivity index (χ1) is 10.4. The van der Waals surface area contributed by atoms with E-state index >= 15 is 0 Å². The van der Waals surface area contributed by atoms with Gasteiger partial charge in [0.15, 0.2) is 0 Å². The van der Waals surface area contributed by atoms with Crippen LogP contribution in [0.5, 0.6) is 0 Å². The molecule has 21 heavy (non-hydrogen) atoms. The molecule has 4 heteroatoms. The lowest BCUT2D eigenvalue weighted by molar-refractivity contribution is -0.0297. The fourth-order valence-electron chi connectivity index (χ4n) is 3.81. The van der Waals surface area contributed by atoms with E-state index in [-0.39, 0.29) is 0 Å². The summed E-state index contributed by atoms with van der Waals surface area (Å²) in [6.45, 7) is 4.98. The van der Waals surface area contributed by atoms with Crippen molar-refractivity contribution < 1.29 is 9.47 Å². The fourth-order valence-corrected chi connectivity index (χ4v) is 3.81. The molecule has 0 aromatic carbocycles. The van der Waals surface area contributed by atoms with Gasteiger partial charge in [0.05, 0.1) is 19.3 Å². The van der Waals surface area contributed by atoms with Gasteiger partial charge in [-0.1, -0.05) is 12.5 Å². The van der Waals surface area contributed by atoms with Crippen molar-refractivity contribution in [2.75, 3.05) is 33.4 Å². The van der Waals surface area contributed by atoms with Gasteiger partial charge in [-0.05, 0) is 30.4 Å². The van der Waals surface area contributed by atoms with Crippen molar-refractivity contribution in [2.24, 2.45) is 11.8 Å². The number of pyridine rings is 1. The summed E-state index contributed by atoms with van der Waals surface area (Å²) in [6, 6.07) is 4.07. The van der Waals surface area contributed by atoms with Crippen LogP contribution in [0, 0.1) is 11.8 Å². The summed E-state index contributed by atoms with van der Waals surface area (Å²) in [7, 11) is 1.78. The van der Waals surface area contributed by atoms with Crippen LogP contribution in [0.2, 0.25) is 0 Å². The van der Waals surface area contributed by atoms with E-state index in [0.717, 1.165) is 19.1 Å². The van der Waals surface area contributed by atoms with Crippen LogP contribution in [-0.2, 0) is 16.1 Å². The van der Waals surface area contributed by atoms with E-state index in [2.05, 4.69) is 16.0 Å². The van der Waals surface area contributed by atoms with Crippen molar-refractivity contribution in [1.82, 2.24) is 9.88 Å². The maximum absolute atomic E-state index is 6.24. The number of aromatic nitrogens is 1. The summed E-state index contributed by atoms with van der Waals surface area (Å²) in [5.74, 6) is 1.52. The highest BCUT2D eigenvalue weighted by atomic mass is 16.5. The molecule has 3 rings (SSSR count). The number of ether oxygens (including phenoxy) is 2. The molecule has 0 amide bonds. The maximum Gasteiger partial charge on any atom is 0.0735 e. The van der Waals surface area contributed by atoms with Gasteiger partial charge in [-0.25, -0.2) is 0 Å². The number of nitrogens with zero attached hydrogens (tertiary/aromatic N) is 2. The number of methoxy groups -OCH3 is 1. The van der Waals surface area contributed by atoms with Crippen molar-refractivity contribution >= 4 is 0 Å². The van der Waals surface area contributed by atoms with Gasteiger partial charge in [-0.2, -0.15) is 0 Å². The molecule has 1 saturated heterocycles. The maximum atomic E-state index is 6.24. The first-order valence-electron chi connectivity index (χ1n) is 8.08. The zero-order valence-corrected chi connectivity index (χ0v) is 12.9. The van der Waals surface area contributed by atoms with Crippen molar-refractivity contribution in [3.05, 3.63) is 30.1 Å². The van der Waals surface area contributed by atoms with Gasteiger partial charge >= 0.3 is 0 Å². The monoisotopic (exact) mass is 290 g/mol. The molecule has 116 valence electrons. The second-order valence-corrected chi connectivity index (χ2v) is 6.32. The van der Waals surface area contributed by atoms with Gasteiger partial charge in [0.25, 0.3) is 0 Å². The summed E-state index contributed by atoms with van der Waals surface area (Å²) >= 11 is 0. The smallest absolute Gasteiger partial charge is 0.0735 e. The number of fused-ring (bicyclic) bond motifs is 1. The quantitative estimate of drug-likeness (QED) is 0.805. The molecule has 2 fully saturated rings. The minimum atomic E-state index is 0.413. The van der Waals surface area contributed by atoms with Gasteiger partial charge in [-0.15, -0.1) is 0 Å². The first kappa shape index (κ1) is 14.9. The Balaban J connectivity index is 1.53. The molecule has 1 aliphatic heterocycles. The molecule has 0 spiro atoms. The molecule has 0 radical (unpaired) electrons. The summed E-state index contributed by atoms with van der Waals surface area (Å²) < 4.78 is 11.4. The summed E-state index contributed by atoms with van der Waals surface area (Å²) in [6.07, 6.45) is 8.00. The molecule has 4 nitrogen and oxygen atoms in total. The van der Waals surface area contributed by atoms with Crippen LogP contribution in [-0.4, -0.2) is 49.3 Å². The van der Waals surface area contributed by atoms with Crippen molar-refractivity contribution in [3.63, 3.8) is 0 Å². The number of hydrogen-bond donors (Lipinski definition) is 0. The molecule has 0 N–H and O–H groups in total. The highest BCUT2D eigenvalue weighted by Gasteiger charge is 2.40. The third-order valence-corrected chi connectivity index (χ3v) is 4.91. The van der Waals surface area contributed by atoms with Crippen LogP contribution in [0.4, 0.5) is 0 Å². The predicted molar refractivity (Wildman–Crippen MR) is 82.0 cm³/mol. The van der Waals surface area contributed by atoms with Gasteiger partial charge in [-0.3, -0.25) is 4.98 Å². The average Bonchev–Trinajstić information content (AvgIpc) is 2.95. The molecule has 3 atom stereocenters. The molecule has 1 aliphatic carbocycles. The Morgan fingerprint density at radius 2 is 2.29 bits per heavy atom. The van der Waals surface area contributed by atoms with Crippen LogP contribution in [0.25, 0.3) is 0 Å². The van der Waals surface area contributed by atoms with E-state index in [1.54, 1.807) is 7.11 Å². The lowest BCUT2D eigenvalue weighted by Crippen LogP contribution is -2.34. The second kappa shape index (κ2) is 7.34. The normalized spacial score (nSPS) is 29.5. The third kappa shape index (κ3) is 3.82. The summed E-state index contributed by atoms with van der Waals surface area (Å²) in [5.41, 5.74) is 1.17. The minimum Gasteiger partial charge on any atom is -0.383 e. The van der Waals surface area contributed by atoms with Crippen molar-refractivity contribution in [3.8, 4) is 0 Å². The topological polar surface area (TPSA) is 34.6 Å². The van der Waals surface area contributed by atoms with Gasteiger partial charge in [0, 0.05) is 45.1 Å².